The molecule has 1 aromatic heterocycles. The molecule has 5 aromatic rings. The molecule has 1 heterocycles. The van der Waals surface area contributed by atoms with Crippen LogP contribution in [0.2, 0.25) is 0 Å². The standard InChI is InChI=1S/C34H29FN2O3/c1-20-4-11-25(12-5-20)34(16-17-34)37-32(38)24-7-6-21(2)27(19-24)23-10-15-29-28(18-23)30(33(39)36-3)31(40-29)22-8-13-26(35)14-9-22/h4-15,18-19H,16-17H2,1-3H3,(H,36,39)(H,37,38). The molecule has 0 atom stereocenters. The summed E-state index contributed by atoms with van der Waals surface area (Å²) in [5.74, 6) is -0.407. The summed E-state index contributed by atoms with van der Waals surface area (Å²) in [6.45, 7) is 4.05. The number of nitrogens with one attached hydrogen (secondary N) is 2. The van der Waals surface area contributed by atoms with E-state index in [9.17, 15) is 14.0 Å². The number of fused-ring (bicyclic) bond motifs is 1. The van der Waals surface area contributed by atoms with Gasteiger partial charge in [0.2, 0.25) is 0 Å². The van der Waals surface area contributed by atoms with E-state index in [1.807, 2.05) is 43.3 Å². The fourth-order valence-electron chi connectivity index (χ4n) is 5.27. The van der Waals surface area contributed by atoms with Crippen LogP contribution in [0.5, 0.6) is 0 Å². The van der Waals surface area contributed by atoms with Gasteiger partial charge in [-0.1, -0.05) is 42.0 Å². The maximum Gasteiger partial charge on any atom is 0.255 e. The quantitative estimate of drug-likeness (QED) is 0.241. The molecule has 6 heteroatoms. The third-order valence-corrected chi connectivity index (χ3v) is 7.77. The average Bonchev–Trinajstić information content (AvgIpc) is 3.64. The van der Waals surface area contributed by atoms with E-state index in [2.05, 4.69) is 41.8 Å². The predicted molar refractivity (Wildman–Crippen MR) is 155 cm³/mol. The van der Waals surface area contributed by atoms with Gasteiger partial charge >= 0.3 is 0 Å². The first kappa shape index (κ1) is 25.6. The van der Waals surface area contributed by atoms with E-state index in [4.69, 9.17) is 4.42 Å². The average molecular weight is 533 g/mol. The third-order valence-electron chi connectivity index (χ3n) is 7.77. The maximum atomic E-state index is 13.6. The summed E-state index contributed by atoms with van der Waals surface area (Å²) in [4.78, 5) is 26.4. The van der Waals surface area contributed by atoms with Gasteiger partial charge in [-0.25, -0.2) is 4.39 Å². The lowest BCUT2D eigenvalue weighted by atomic mass is 9.95. The fraction of sp³-hybridized carbons (Fsp3) is 0.176. The van der Waals surface area contributed by atoms with Crippen LogP contribution < -0.4 is 10.6 Å². The first-order valence-electron chi connectivity index (χ1n) is 13.3. The molecule has 0 spiro atoms. The second kappa shape index (κ2) is 9.79. The number of hydrogen-bond donors (Lipinski definition) is 2. The number of carbonyl (C=O) groups is 2. The van der Waals surface area contributed by atoms with E-state index in [1.165, 1.54) is 17.7 Å². The summed E-state index contributed by atoms with van der Waals surface area (Å²) < 4.78 is 19.7. The summed E-state index contributed by atoms with van der Waals surface area (Å²) in [5.41, 5.74) is 6.85. The van der Waals surface area contributed by atoms with E-state index in [0.717, 1.165) is 35.1 Å². The number of hydrogen-bond acceptors (Lipinski definition) is 3. The molecule has 6 rings (SSSR count). The molecule has 1 aliphatic carbocycles. The lowest BCUT2D eigenvalue weighted by molar-refractivity contribution is 0.0929. The first-order chi connectivity index (χ1) is 19.3. The van der Waals surface area contributed by atoms with Crippen LogP contribution in [0.1, 0.15) is 50.2 Å². The number of halogens is 1. The highest BCUT2D eigenvalue weighted by molar-refractivity contribution is 6.12. The van der Waals surface area contributed by atoms with Gasteiger partial charge in [-0.05, 0) is 97.5 Å². The lowest BCUT2D eigenvalue weighted by Gasteiger charge is -2.19. The molecule has 2 N–H and O–H groups in total. The number of rotatable bonds is 6. The van der Waals surface area contributed by atoms with Gasteiger partial charge in [-0.2, -0.15) is 0 Å². The normalized spacial score (nSPS) is 13.7. The lowest BCUT2D eigenvalue weighted by Crippen LogP contribution is -2.34. The van der Waals surface area contributed by atoms with Crippen molar-refractivity contribution in [3.05, 3.63) is 119 Å². The summed E-state index contributed by atoms with van der Waals surface area (Å²) in [5, 5.41) is 6.61. The van der Waals surface area contributed by atoms with Gasteiger partial charge in [0, 0.05) is 23.6 Å². The predicted octanol–water partition coefficient (Wildman–Crippen LogP) is 7.30. The Morgan fingerprint density at radius 2 is 1.52 bits per heavy atom. The van der Waals surface area contributed by atoms with E-state index in [0.29, 0.717) is 33.4 Å². The van der Waals surface area contributed by atoms with Gasteiger partial charge in [-0.3, -0.25) is 9.59 Å². The van der Waals surface area contributed by atoms with Gasteiger partial charge < -0.3 is 15.1 Å². The van der Waals surface area contributed by atoms with Crippen LogP contribution in [-0.4, -0.2) is 18.9 Å². The minimum atomic E-state index is -0.366. The third kappa shape index (κ3) is 4.56. The molecule has 0 saturated heterocycles. The number of amides is 2. The van der Waals surface area contributed by atoms with Crippen LogP contribution in [-0.2, 0) is 5.54 Å². The highest BCUT2D eigenvalue weighted by Gasteiger charge is 2.45. The summed E-state index contributed by atoms with van der Waals surface area (Å²) in [6, 6.07) is 25.5. The van der Waals surface area contributed by atoms with Crippen molar-refractivity contribution in [2.24, 2.45) is 0 Å². The Bertz CT molecular complexity index is 1760. The second-order valence-corrected chi connectivity index (χ2v) is 10.5. The highest BCUT2D eigenvalue weighted by atomic mass is 19.1. The highest BCUT2D eigenvalue weighted by Crippen LogP contribution is 2.46. The van der Waals surface area contributed by atoms with Crippen molar-refractivity contribution >= 4 is 22.8 Å². The molecule has 1 saturated carbocycles. The van der Waals surface area contributed by atoms with Gasteiger partial charge in [0.25, 0.3) is 11.8 Å². The van der Waals surface area contributed by atoms with Crippen molar-refractivity contribution in [3.8, 4) is 22.5 Å². The summed E-state index contributed by atoms with van der Waals surface area (Å²) >= 11 is 0. The largest absolute Gasteiger partial charge is 0.455 e. The Labute approximate surface area is 232 Å². The summed E-state index contributed by atoms with van der Waals surface area (Å²) in [6.07, 6.45) is 1.83. The molecule has 1 fully saturated rings. The maximum absolute atomic E-state index is 13.6. The minimum absolute atomic E-state index is 0.117. The van der Waals surface area contributed by atoms with Crippen molar-refractivity contribution in [1.29, 1.82) is 0 Å². The Hall–Kier alpha value is -4.71. The van der Waals surface area contributed by atoms with Gasteiger partial charge in [0.05, 0.1) is 11.1 Å². The smallest absolute Gasteiger partial charge is 0.255 e. The van der Waals surface area contributed by atoms with Crippen molar-refractivity contribution in [3.63, 3.8) is 0 Å². The van der Waals surface area contributed by atoms with Crippen LogP contribution in [0, 0.1) is 19.7 Å². The molecule has 0 unspecified atom stereocenters. The zero-order chi connectivity index (χ0) is 28.0. The molecule has 200 valence electrons. The number of furan rings is 1. The molecule has 0 bridgehead atoms. The SMILES string of the molecule is CNC(=O)c1c(-c2ccc(F)cc2)oc2ccc(-c3cc(C(=O)NC4(c5ccc(C)cc5)CC4)ccc3C)cc12. The molecule has 2 amide bonds. The van der Waals surface area contributed by atoms with E-state index in [1.54, 1.807) is 19.2 Å². The number of aryl methyl sites for hydroxylation is 2. The van der Waals surface area contributed by atoms with E-state index in [-0.39, 0.29) is 23.2 Å². The van der Waals surface area contributed by atoms with Crippen molar-refractivity contribution in [2.75, 3.05) is 7.05 Å². The van der Waals surface area contributed by atoms with Crippen LogP contribution in [0.15, 0.2) is 89.3 Å². The zero-order valence-electron chi connectivity index (χ0n) is 22.6. The van der Waals surface area contributed by atoms with Crippen molar-refractivity contribution in [1.82, 2.24) is 10.6 Å². The number of carbonyl (C=O) groups excluding carboxylic acids is 2. The molecule has 0 radical (unpaired) electrons. The van der Waals surface area contributed by atoms with Gasteiger partial charge in [0.15, 0.2) is 0 Å². The molecule has 5 nitrogen and oxygen atoms in total. The molecule has 40 heavy (non-hydrogen) atoms. The molecule has 1 aliphatic rings. The monoisotopic (exact) mass is 532 g/mol. The fourth-order valence-corrected chi connectivity index (χ4v) is 5.27. The Morgan fingerprint density at radius 1 is 0.825 bits per heavy atom. The minimum Gasteiger partial charge on any atom is -0.455 e. The Balaban J connectivity index is 1.37. The molecular weight excluding hydrogens is 503 g/mol. The van der Waals surface area contributed by atoms with Gasteiger partial charge in [0.1, 0.15) is 17.2 Å². The van der Waals surface area contributed by atoms with Crippen molar-refractivity contribution in [2.45, 2.75) is 32.2 Å². The Morgan fingerprint density at radius 3 is 2.20 bits per heavy atom. The van der Waals surface area contributed by atoms with Crippen LogP contribution in [0.4, 0.5) is 4.39 Å². The zero-order valence-corrected chi connectivity index (χ0v) is 22.6. The van der Waals surface area contributed by atoms with E-state index >= 15 is 0 Å². The topological polar surface area (TPSA) is 71.3 Å². The number of benzene rings is 4. The second-order valence-electron chi connectivity index (χ2n) is 10.5. The van der Waals surface area contributed by atoms with Crippen LogP contribution >= 0.6 is 0 Å². The van der Waals surface area contributed by atoms with E-state index < -0.39 is 0 Å². The summed E-state index contributed by atoms with van der Waals surface area (Å²) in [7, 11) is 1.56. The van der Waals surface area contributed by atoms with Crippen LogP contribution in [0.3, 0.4) is 0 Å². The molecular formula is C34H29FN2O3. The molecule has 0 aliphatic heterocycles. The molecule has 4 aromatic carbocycles. The van der Waals surface area contributed by atoms with Crippen LogP contribution in [0.25, 0.3) is 33.4 Å². The first-order valence-corrected chi connectivity index (χ1v) is 13.3. The van der Waals surface area contributed by atoms with Gasteiger partial charge in [-0.15, -0.1) is 0 Å². The Kier molecular flexibility index (Phi) is 6.26. The van der Waals surface area contributed by atoms with Crippen molar-refractivity contribution < 1.29 is 18.4 Å².